The van der Waals surface area contributed by atoms with E-state index < -0.39 is 23.9 Å². The maximum absolute atomic E-state index is 11.9. The van der Waals surface area contributed by atoms with Crippen molar-refractivity contribution in [2.75, 3.05) is 19.8 Å². The van der Waals surface area contributed by atoms with Gasteiger partial charge in [0.05, 0.1) is 25.0 Å². The Morgan fingerprint density at radius 3 is 2.65 bits per heavy atom. The van der Waals surface area contributed by atoms with E-state index in [0.717, 1.165) is 0 Å². The number of esters is 1. The van der Waals surface area contributed by atoms with E-state index >= 15 is 0 Å². The quantitative estimate of drug-likeness (QED) is 0.648. The molecule has 0 aliphatic carbocycles. The van der Waals surface area contributed by atoms with Crippen LogP contribution in [0.15, 0.2) is 0 Å². The molecule has 2 N–H and O–H groups in total. The Balaban J connectivity index is 2.53. The molecule has 0 saturated carbocycles. The molecule has 0 unspecified atom stereocenters. The number of nitrogens with one attached hydrogen (secondary N) is 1. The standard InChI is InChI=1S/C13H21NO6/c1-3-20-13(18)8(2)6-10(12(16)17)14-11(15)9-4-5-19-7-9/h8-10H,3-7H2,1-2H3,(H,14,15)(H,16,17)/t8-,9+,10-/m1/s1. The molecule has 114 valence electrons. The summed E-state index contributed by atoms with van der Waals surface area (Å²) >= 11 is 0. The number of carbonyl (C=O) groups is 3. The molecule has 0 bridgehead atoms. The van der Waals surface area contributed by atoms with Crippen LogP contribution < -0.4 is 5.32 Å². The van der Waals surface area contributed by atoms with Crippen LogP contribution in [0, 0.1) is 11.8 Å². The first-order valence-corrected chi connectivity index (χ1v) is 6.73. The zero-order valence-electron chi connectivity index (χ0n) is 11.8. The number of hydrogen-bond acceptors (Lipinski definition) is 5. The molecule has 1 fully saturated rings. The normalized spacial score (nSPS) is 21.0. The highest BCUT2D eigenvalue weighted by Gasteiger charge is 2.30. The van der Waals surface area contributed by atoms with Gasteiger partial charge in [-0.05, 0) is 19.8 Å². The predicted octanol–water partition coefficient (Wildman–Crippen LogP) is 0.182. The van der Waals surface area contributed by atoms with Crippen LogP contribution in [0.3, 0.4) is 0 Å². The molecule has 1 amide bonds. The number of aliphatic carboxylic acids is 1. The number of carboxylic acids is 1. The summed E-state index contributed by atoms with van der Waals surface area (Å²) < 4.78 is 9.91. The molecule has 1 aliphatic heterocycles. The predicted molar refractivity (Wildman–Crippen MR) is 68.9 cm³/mol. The van der Waals surface area contributed by atoms with Crippen molar-refractivity contribution in [3.05, 3.63) is 0 Å². The highest BCUT2D eigenvalue weighted by atomic mass is 16.5. The van der Waals surface area contributed by atoms with Gasteiger partial charge in [-0.15, -0.1) is 0 Å². The van der Waals surface area contributed by atoms with E-state index in [2.05, 4.69) is 5.32 Å². The van der Waals surface area contributed by atoms with Crippen LogP contribution in [0.5, 0.6) is 0 Å². The average molecular weight is 287 g/mol. The lowest BCUT2D eigenvalue weighted by Crippen LogP contribution is -2.45. The van der Waals surface area contributed by atoms with Crippen molar-refractivity contribution in [3.63, 3.8) is 0 Å². The van der Waals surface area contributed by atoms with Gasteiger partial charge in [0.1, 0.15) is 6.04 Å². The number of carboxylic acid groups (broad SMARTS) is 1. The first kappa shape index (κ1) is 16.4. The zero-order valence-corrected chi connectivity index (χ0v) is 11.8. The lowest BCUT2D eigenvalue weighted by atomic mass is 10.0. The van der Waals surface area contributed by atoms with Gasteiger partial charge in [0.25, 0.3) is 0 Å². The first-order chi connectivity index (χ1) is 9.45. The Bertz CT molecular complexity index is 364. The summed E-state index contributed by atoms with van der Waals surface area (Å²) in [6.45, 7) is 4.33. The lowest BCUT2D eigenvalue weighted by molar-refractivity contribution is -0.149. The van der Waals surface area contributed by atoms with Crippen molar-refractivity contribution < 1.29 is 29.0 Å². The molecule has 0 radical (unpaired) electrons. The minimum absolute atomic E-state index is 0.00742. The van der Waals surface area contributed by atoms with Gasteiger partial charge in [-0.3, -0.25) is 9.59 Å². The average Bonchev–Trinajstić information content (AvgIpc) is 2.91. The highest BCUT2D eigenvalue weighted by Crippen LogP contribution is 2.14. The highest BCUT2D eigenvalue weighted by molar-refractivity contribution is 5.85. The van der Waals surface area contributed by atoms with Gasteiger partial charge in [0.15, 0.2) is 0 Å². The second kappa shape index (κ2) is 7.84. The Labute approximate surface area is 117 Å². The van der Waals surface area contributed by atoms with Gasteiger partial charge in [0, 0.05) is 6.61 Å². The summed E-state index contributed by atoms with van der Waals surface area (Å²) in [5.41, 5.74) is 0. The fourth-order valence-electron chi connectivity index (χ4n) is 1.99. The minimum atomic E-state index is -1.16. The number of carbonyl (C=O) groups excluding carboxylic acids is 2. The van der Waals surface area contributed by atoms with E-state index in [1.165, 1.54) is 0 Å². The van der Waals surface area contributed by atoms with E-state index in [1.54, 1.807) is 13.8 Å². The van der Waals surface area contributed by atoms with Crippen molar-refractivity contribution in [1.29, 1.82) is 0 Å². The molecule has 1 saturated heterocycles. The van der Waals surface area contributed by atoms with Gasteiger partial charge < -0.3 is 19.9 Å². The molecular weight excluding hydrogens is 266 g/mol. The zero-order chi connectivity index (χ0) is 15.1. The van der Waals surface area contributed by atoms with Gasteiger partial charge >= 0.3 is 11.9 Å². The molecule has 0 aromatic heterocycles. The van der Waals surface area contributed by atoms with Crippen molar-refractivity contribution in [2.45, 2.75) is 32.7 Å². The van der Waals surface area contributed by atoms with Crippen LogP contribution in [-0.4, -0.2) is 48.8 Å². The molecule has 0 aromatic carbocycles. The Kier molecular flexibility index (Phi) is 6.44. The lowest BCUT2D eigenvalue weighted by Gasteiger charge is -2.19. The molecule has 7 nitrogen and oxygen atoms in total. The molecule has 1 rings (SSSR count). The van der Waals surface area contributed by atoms with E-state index in [4.69, 9.17) is 14.6 Å². The molecular formula is C13H21NO6. The molecule has 1 heterocycles. The monoisotopic (exact) mass is 287 g/mol. The summed E-state index contributed by atoms with van der Waals surface area (Å²) in [5, 5.41) is 11.6. The topological polar surface area (TPSA) is 102 Å². The molecule has 0 spiro atoms. The molecule has 7 heteroatoms. The molecule has 0 aromatic rings. The largest absolute Gasteiger partial charge is 0.480 e. The summed E-state index contributed by atoms with van der Waals surface area (Å²) in [6.07, 6.45) is 0.596. The van der Waals surface area contributed by atoms with Gasteiger partial charge in [-0.2, -0.15) is 0 Å². The van der Waals surface area contributed by atoms with Gasteiger partial charge in [-0.25, -0.2) is 4.79 Å². The SMILES string of the molecule is CCOC(=O)[C@H](C)C[C@@H](NC(=O)[C@H]1CCOC1)C(=O)O. The maximum Gasteiger partial charge on any atom is 0.326 e. The summed E-state index contributed by atoms with van der Waals surface area (Å²) in [4.78, 5) is 34.5. The van der Waals surface area contributed by atoms with Crippen molar-refractivity contribution >= 4 is 17.8 Å². The number of rotatable bonds is 7. The van der Waals surface area contributed by atoms with E-state index in [1.807, 2.05) is 0 Å². The smallest absolute Gasteiger partial charge is 0.326 e. The Morgan fingerprint density at radius 1 is 1.45 bits per heavy atom. The minimum Gasteiger partial charge on any atom is -0.480 e. The molecule has 20 heavy (non-hydrogen) atoms. The van der Waals surface area contributed by atoms with E-state index in [9.17, 15) is 14.4 Å². The third-order valence-electron chi connectivity index (χ3n) is 3.19. The van der Waals surface area contributed by atoms with E-state index in [0.29, 0.717) is 19.6 Å². The fraction of sp³-hybridized carbons (Fsp3) is 0.769. The number of amides is 1. The molecule has 1 aliphatic rings. The fourth-order valence-corrected chi connectivity index (χ4v) is 1.99. The Hall–Kier alpha value is -1.63. The summed E-state index contributed by atoms with van der Waals surface area (Å²) in [5.74, 6) is -2.86. The summed E-state index contributed by atoms with van der Waals surface area (Å²) in [7, 11) is 0. The second-order valence-corrected chi connectivity index (χ2v) is 4.85. The molecule has 3 atom stereocenters. The van der Waals surface area contributed by atoms with Crippen molar-refractivity contribution in [3.8, 4) is 0 Å². The third-order valence-corrected chi connectivity index (χ3v) is 3.19. The van der Waals surface area contributed by atoms with Gasteiger partial charge in [0.2, 0.25) is 5.91 Å². The van der Waals surface area contributed by atoms with Crippen LogP contribution >= 0.6 is 0 Å². The Morgan fingerprint density at radius 2 is 2.15 bits per heavy atom. The van der Waals surface area contributed by atoms with Crippen LogP contribution in [0.4, 0.5) is 0 Å². The van der Waals surface area contributed by atoms with Crippen LogP contribution in [0.2, 0.25) is 0 Å². The van der Waals surface area contributed by atoms with Crippen molar-refractivity contribution in [1.82, 2.24) is 5.32 Å². The number of hydrogen-bond donors (Lipinski definition) is 2. The van der Waals surface area contributed by atoms with Crippen molar-refractivity contribution in [2.24, 2.45) is 11.8 Å². The number of ether oxygens (including phenoxy) is 2. The van der Waals surface area contributed by atoms with Crippen LogP contribution in [-0.2, 0) is 23.9 Å². The van der Waals surface area contributed by atoms with Crippen LogP contribution in [0.25, 0.3) is 0 Å². The van der Waals surface area contributed by atoms with Gasteiger partial charge in [-0.1, -0.05) is 6.92 Å². The maximum atomic E-state index is 11.9. The third kappa shape index (κ3) is 4.80. The second-order valence-electron chi connectivity index (χ2n) is 4.85. The van der Waals surface area contributed by atoms with E-state index in [-0.39, 0.29) is 24.9 Å². The first-order valence-electron chi connectivity index (χ1n) is 6.73. The van der Waals surface area contributed by atoms with Crippen LogP contribution in [0.1, 0.15) is 26.7 Å². The summed E-state index contributed by atoms with van der Waals surface area (Å²) in [6, 6.07) is -1.09.